The highest BCUT2D eigenvalue weighted by atomic mass is 127. The Kier molecular flexibility index (Phi) is 8.48. The van der Waals surface area contributed by atoms with Crippen LogP contribution < -0.4 is 10.6 Å². The number of halogens is 1. The third kappa shape index (κ3) is 5.47. The molecule has 5 nitrogen and oxygen atoms in total. The summed E-state index contributed by atoms with van der Waals surface area (Å²) < 4.78 is 0. The van der Waals surface area contributed by atoms with E-state index in [0.29, 0.717) is 19.0 Å². The maximum absolute atomic E-state index is 12.1. The molecule has 1 amide bonds. The molecule has 0 bridgehead atoms. The zero-order valence-electron chi connectivity index (χ0n) is 16.7. The van der Waals surface area contributed by atoms with Crippen LogP contribution in [0.4, 0.5) is 0 Å². The van der Waals surface area contributed by atoms with E-state index in [2.05, 4.69) is 50.2 Å². The lowest BCUT2D eigenvalue weighted by atomic mass is 9.65. The summed E-state index contributed by atoms with van der Waals surface area (Å²) in [6, 6.07) is 0.388. The zero-order valence-corrected chi connectivity index (χ0v) is 19.0. The predicted octanol–water partition coefficient (Wildman–Crippen LogP) is 3.53. The number of likely N-dealkylation sites (tertiary alicyclic amines) is 1. The summed E-state index contributed by atoms with van der Waals surface area (Å²) in [5.74, 6) is 1.08. The van der Waals surface area contributed by atoms with E-state index in [4.69, 9.17) is 4.99 Å². The smallest absolute Gasteiger partial charge is 0.222 e. The highest BCUT2D eigenvalue weighted by Crippen LogP contribution is 2.46. The highest BCUT2D eigenvalue weighted by molar-refractivity contribution is 14.0. The normalized spacial score (nSPS) is 22.6. The Morgan fingerprint density at radius 2 is 1.80 bits per heavy atom. The number of guanidine groups is 1. The lowest BCUT2D eigenvalue weighted by Gasteiger charge is -2.62. The summed E-state index contributed by atoms with van der Waals surface area (Å²) in [6.45, 7) is 13.6. The van der Waals surface area contributed by atoms with Crippen LogP contribution in [0.25, 0.3) is 0 Å². The van der Waals surface area contributed by atoms with Crippen molar-refractivity contribution in [1.82, 2.24) is 15.5 Å². The van der Waals surface area contributed by atoms with Gasteiger partial charge in [0.2, 0.25) is 5.91 Å². The molecule has 0 radical (unpaired) electrons. The minimum Gasteiger partial charge on any atom is -0.356 e. The van der Waals surface area contributed by atoms with E-state index in [1.54, 1.807) is 0 Å². The molecule has 0 spiro atoms. The van der Waals surface area contributed by atoms with Gasteiger partial charge >= 0.3 is 0 Å². The Hall–Kier alpha value is -0.530. The van der Waals surface area contributed by atoms with Crippen LogP contribution in [-0.4, -0.2) is 48.0 Å². The summed E-state index contributed by atoms with van der Waals surface area (Å²) in [5, 5.41) is 6.55. The Labute approximate surface area is 170 Å². The fraction of sp³-hybridized carbons (Fsp3) is 0.895. The molecular weight excluding hydrogens is 427 g/mol. The first-order valence-electron chi connectivity index (χ1n) is 9.63. The molecule has 25 heavy (non-hydrogen) atoms. The summed E-state index contributed by atoms with van der Waals surface area (Å²) in [6.07, 6.45) is 6.54. The van der Waals surface area contributed by atoms with Crippen molar-refractivity contribution in [3.63, 3.8) is 0 Å². The molecule has 2 aliphatic rings. The molecule has 1 saturated heterocycles. The van der Waals surface area contributed by atoms with Crippen LogP contribution in [0.1, 0.15) is 73.1 Å². The van der Waals surface area contributed by atoms with Gasteiger partial charge in [-0.05, 0) is 33.6 Å². The van der Waals surface area contributed by atoms with Crippen molar-refractivity contribution in [3.05, 3.63) is 0 Å². The number of rotatable bonds is 5. The van der Waals surface area contributed by atoms with Crippen molar-refractivity contribution < 1.29 is 4.79 Å². The molecule has 0 aromatic rings. The zero-order chi connectivity index (χ0) is 17.8. The molecule has 1 heterocycles. The first kappa shape index (κ1) is 22.5. The molecule has 2 rings (SSSR count). The number of carbonyl (C=O) groups is 1. The first-order chi connectivity index (χ1) is 11.3. The average Bonchev–Trinajstić information content (AvgIpc) is 2.53. The molecule has 6 heteroatoms. The molecular formula is C19H37IN4O. The largest absolute Gasteiger partial charge is 0.356 e. The standard InChI is InChI=1S/C19H36N4O.HI/c1-6-20-17(23-14-18(2,3)19(23,4)5)21-13-12-16(24)22-15-10-8-7-9-11-15;/h15H,6-14H2,1-5H3,(H,20,21)(H,22,24);1H. The van der Waals surface area contributed by atoms with Gasteiger partial charge in [0.05, 0.1) is 6.54 Å². The summed E-state index contributed by atoms with van der Waals surface area (Å²) >= 11 is 0. The van der Waals surface area contributed by atoms with Crippen LogP contribution in [0.3, 0.4) is 0 Å². The monoisotopic (exact) mass is 464 g/mol. The second kappa shape index (κ2) is 9.42. The number of carbonyl (C=O) groups excluding carboxylic acids is 1. The lowest BCUT2D eigenvalue weighted by Crippen LogP contribution is -2.72. The van der Waals surface area contributed by atoms with Crippen LogP contribution in [0.15, 0.2) is 4.99 Å². The van der Waals surface area contributed by atoms with Crippen LogP contribution in [0.2, 0.25) is 0 Å². The van der Waals surface area contributed by atoms with E-state index < -0.39 is 0 Å². The maximum atomic E-state index is 12.1. The molecule has 1 saturated carbocycles. The molecule has 146 valence electrons. The summed E-state index contributed by atoms with van der Waals surface area (Å²) in [4.78, 5) is 19.1. The molecule has 2 N–H and O–H groups in total. The minimum absolute atomic E-state index is 0. The van der Waals surface area contributed by atoms with Gasteiger partial charge in [0.1, 0.15) is 0 Å². The number of aliphatic imine (C=N–C) groups is 1. The number of nitrogens with zero attached hydrogens (tertiary/aromatic N) is 2. The number of nitrogens with one attached hydrogen (secondary N) is 2. The van der Waals surface area contributed by atoms with Gasteiger partial charge in [0, 0.05) is 36.5 Å². The summed E-state index contributed by atoms with van der Waals surface area (Å²) in [7, 11) is 0. The fourth-order valence-corrected chi connectivity index (χ4v) is 3.61. The van der Waals surface area contributed by atoms with Crippen LogP contribution in [-0.2, 0) is 4.79 Å². The van der Waals surface area contributed by atoms with Crippen LogP contribution >= 0.6 is 24.0 Å². The van der Waals surface area contributed by atoms with Gasteiger partial charge in [0.25, 0.3) is 0 Å². The second-order valence-electron chi connectivity index (χ2n) is 8.42. The van der Waals surface area contributed by atoms with Gasteiger partial charge in [-0.3, -0.25) is 9.79 Å². The maximum Gasteiger partial charge on any atom is 0.222 e. The Morgan fingerprint density at radius 3 is 2.32 bits per heavy atom. The molecule has 0 atom stereocenters. The summed E-state index contributed by atoms with van der Waals surface area (Å²) in [5.41, 5.74) is 0.361. The highest BCUT2D eigenvalue weighted by Gasteiger charge is 2.53. The van der Waals surface area contributed by atoms with Crippen molar-refractivity contribution in [1.29, 1.82) is 0 Å². The Balaban J connectivity index is 0.00000312. The Bertz CT molecular complexity index is 470. The lowest BCUT2D eigenvalue weighted by molar-refractivity contribution is -0.121. The molecule has 1 aliphatic heterocycles. The van der Waals surface area contributed by atoms with Crippen LogP contribution in [0, 0.1) is 5.41 Å². The molecule has 1 aliphatic carbocycles. The first-order valence-corrected chi connectivity index (χ1v) is 9.63. The fourth-order valence-electron chi connectivity index (χ4n) is 3.61. The average molecular weight is 464 g/mol. The Morgan fingerprint density at radius 1 is 1.16 bits per heavy atom. The van der Waals surface area contributed by atoms with Gasteiger partial charge in [0.15, 0.2) is 5.96 Å². The third-order valence-electron chi connectivity index (χ3n) is 6.05. The van der Waals surface area contributed by atoms with E-state index in [9.17, 15) is 4.79 Å². The molecule has 2 fully saturated rings. The van der Waals surface area contributed by atoms with E-state index >= 15 is 0 Å². The van der Waals surface area contributed by atoms with Gasteiger partial charge in [-0.15, -0.1) is 24.0 Å². The van der Waals surface area contributed by atoms with Crippen molar-refractivity contribution in [2.24, 2.45) is 10.4 Å². The quantitative estimate of drug-likeness (QED) is 0.372. The van der Waals surface area contributed by atoms with Gasteiger partial charge in [-0.25, -0.2) is 0 Å². The van der Waals surface area contributed by atoms with Gasteiger partial charge < -0.3 is 15.5 Å². The topological polar surface area (TPSA) is 56.7 Å². The van der Waals surface area contributed by atoms with Crippen molar-refractivity contribution in [2.45, 2.75) is 84.7 Å². The van der Waals surface area contributed by atoms with Gasteiger partial charge in [-0.1, -0.05) is 33.1 Å². The molecule has 0 aromatic carbocycles. The minimum atomic E-state index is 0. The van der Waals surface area contributed by atoms with E-state index in [1.165, 1.54) is 19.3 Å². The number of hydrogen-bond acceptors (Lipinski definition) is 2. The second-order valence-corrected chi connectivity index (χ2v) is 8.42. The van der Waals surface area contributed by atoms with Crippen molar-refractivity contribution in [2.75, 3.05) is 19.6 Å². The van der Waals surface area contributed by atoms with E-state index in [-0.39, 0.29) is 40.8 Å². The van der Waals surface area contributed by atoms with Crippen molar-refractivity contribution >= 4 is 35.8 Å². The van der Waals surface area contributed by atoms with E-state index in [0.717, 1.165) is 31.9 Å². The predicted molar refractivity (Wildman–Crippen MR) is 116 cm³/mol. The molecule has 0 aromatic heterocycles. The van der Waals surface area contributed by atoms with Crippen LogP contribution in [0.5, 0.6) is 0 Å². The molecule has 0 unspecified atom stereocenters. The van der Waals surface area contributed by atoms with E-state index in [1.807, 2.05) is 0 Å². The van der Waals surface area contributed by atoms with Crippen molar-refractivity contribution in [3.8, 4) is 0 Å². The van der Waals surface area contributed by atoms with Gasteiger partial charge in [-0.2, -0.15) is 0 Å². The number of amides is 1. The SMILES string of the molecule is CCNC(=NCCC(=O)NC1CCCCC1)N1CC(C)(C)C1(C)C.I. The third-order valence-corrected chi connectivity index (χ3v) is 6.05. The number of hydrogen-bond donors (Lipinski definition) is 2.